The molecule has 0 radical (unpaired) electrons. The van der Waals surface area contributed by atoms with Gasteiger partial charge in [0.25, 0.3) is 5.56 Å². The van der Waals surface area contributed by atoms with Crippen LogP contribution in [-0.4, -0.2) is 21.7 Å². The second-order valence-electron chi connectivity index (χ2n) is 7.51. The number of aromatic nitrogens is 2. The lowest BCUT2D eigenvalue weighted by Crippen LogP contribution is -2.58. The maximum absolute atomic E-state index is 12.1. The van der Waals surface area contributed by atoms with Crippen LogP contribution in [0.3, 0.4) is 0 Å². The number of nitrogens with two attached hydrogens (primary N) is 1. The van der Waals surface area contributed by atoms with Crippen molar-refractivity contribution >= 4 is 23.2 Å². The molecule has 1 amide bonds. The first kappa shape index (κ1) is 16.3. The Balaban J connectivity index is 1.78. The average molecular weight is 339 g/mol. The fraction of sp³-hybridized carbons (Fsp3) is 0.688. The highest BCUT2D eigenvalue weighted by Crippen LogP contribution is 2.61. The smallest absolute Gasteiger partial charge is 0.288 e. The molecule has 1 heterocycles. The zero-order valence-corrected chi connectivity index (χ0v) is 14.4. The summed E-state index contributed by atoms with van der Waals surface area (Å²) in [6.45, 7) is 6.68. The molecule has 3 saturated carbocycles. The van der Waals surface area contributed by atoms with Gasteiger partial charge in [-0.15, -0.1) is 0 Å². The Hall–Kier alpha value is -1.56. The van der Waals surface area contributed by atoms with Crippen molar-refractivity contribution in [2.24, 2.45) is 28.9 Å². The van der Waals surface area contributed by atoms with Gasteiger partial charge in [0.05, 0.1) is 11.9 Å². The number of carbonyl (C=O) groups is 1. The van der Waals surface area contributed by atoms with Crippen LogP contribution < -0.4 is 16.6 Å². The van der Waals surface area contributed by atoms with Gasteiger partial charge < -0.3 is 11.1 Å². The number of primary amides is 1. The second-order valence-corrected chi connectivity index (χ2v) is 7.89. The first-order chi connectivity index (χ1) is 10.7. The lowest BCUT2D eigenvalue weighted by Gasteiger charge is -2.62. The Morgan fingerprint density at radius 3 is 2.78 bits per heavy atom. The summed E-state index contributed by atoms with van der Waals surface area (Å²) in [6, 6.07) is 0.289. The van der Waals surface area contributed by atoms with Crippen molar-refractivity contribution in [2.75, 3.05) is 5.32 Å². The summed E-state index contributed by atoms with van der Waals surface area (Å²) in [5.41, 5.74) is 5.54. The third kappa shape index (κ3) is 2.63. The van der Waals surface area contributed by atoms with E-state index in [1.807, 2.05) is 0 Å². The normalized spacial score (nSPS) is 31.3. The molecule has 3 N–H and O–H groups in total. The van der Waals surface area contributed by atoms with Crippen LogP contribution in [-0.2, 0) is 11.3 Å². The molecule has 4 rings (SSSR count). The monoisotopic (exact) mass is 338 g/mol. The quantitative estimate of drug-likeness (QED) is 0.876. The maximum Gasteiger partial charge on any atom is 0.288 e. The van der Waals surface area contributed by atoms with Gasteiger partial charge in [-0.3, -0.25) is 9.59 Å². The lowest BCUT2D eigenvalue weighted by atomic mass is 9.45. The zero-order valence-electron chi connectivity index (χ0n) is 13.7. The standard InChI is InChI=1S/C16H23ClN4O2/c1-8-10-4-9(16(10,2)3)5-11(8)20-12-6-19-21(7-13(18)22)15(23)14(12)17/h6,8-11,20H,4-5,7H2,1-3H3,(H2,18,22)/t8-,9+,10+,11+/m0/s1. The second kappa shape index (κ2) is 5.51. The first-order valence-electron chi connectivity index (χ1n) is 8.02. The zero-order chi connectivity index (χ0) is 16.9. The Labute approximate surface area is 140 Å². The minimum Gasteiger partial charge on any atom is -0.379 e. The molecule has 2 bridgehead atoms. The molecule has 4 atom stereocenters. The van der Waals surface area contributed by atoms with Crippen LogP contribution in [0.4, 0.5) is 5.69 Å². The van der Waals surface area contributed by atoms with Crippen LogP contribution in [0.15, 0.2) is 11.0 Å². The van der Waals surface area contributed by atoms with E-state index in [9.17, 15) is 9.59 Å². The molecule has 7 heteroatoms. The minimum atomic E-state index is -0.625. The highest BCUT2D eigenvalue weighted by atomic mass is 35.5. The number of hydrogen-bond donors (Lipinski definition) is 2. The van der Waals surface area contributed by atoms with E-state index in [0.717, 1.165) is 11.1 Å². The van der Waals surface area contributed by atoms with Gasteiger partial charge in [0.15, 0.2) is 0 Å². The number of fused-ring (bicyclic) bond motifs is 2. The largest absolute Gasteiger partial charge is 0.379 e. The molecule has 6 nitrogen and oxygen atoms in total. The molecule has 1 aromatic heterocycles. The first-order valence-corrected chi connectivity index (χ1v) is 8.40. The molecule has 0 unspecified atom stereocenters. The third-order valence-corrected chi connectivity index (χ3v) is 6.35. The predicted octanol–water partition coefficient (Wildman–Crippen LogP) is 1.86. The summed E-state index contributed by atoms with van der Waals surface area (Å²) in [5.74, 6) is 1.29. The lowest BCUT2D eigenvalue weighted by molar-refractivity contribution is -0.118. The van der Waals surface area contributed by atoms with Crippen LogP contribution in [0.25, 0.3) is 0 Å². The minimum absolute atomic E-state index is 0.0620. The number of rotatable bonds is 4. The highest BCUT2D eigenvalue weighted by Gasteiger charge is 2.56. The fourth-order valence-corrected chi connectivity index (χ4v) is 4.57. The number of nitrogens with zero attached hydrogens (tertiary/aromatic N) is 2. The molecule has 3 aliphatic rings. The van der Waals surface area contributed by atoms with Crippen LogP contribution >= 0.6 is 11.6 Å². The van der Waals surface area contributed by atoms with Gasteiger partial charge in [0.1, 0.15) is 11.6 Å². The van der Waals surface area contributed by atoms with Crippen molar-refractivity contribution in [1.82, 2.24) is 9.78 Å². The van der Waals surface area contributed by atoms with Crippen molar-refractivity contribution < 1.29 is 4.79 Å². The van der Waals surface area contributed by atoms with E-state index in [-0.39, 0.29) is 17.6 Å². The summed E-state index contributed by atoms with van der Waals surface area (Å²) < 4.78 is 0.987. The topological polar surface area (TPSA) is 90.0 Å². The van der Waals surface area contributed by atoms with E-state index >= 15 is 0 Å². The molecule has 3 fully saturated rings. The van der Waals surface area contributed by atoms with Crippen LogP contribution in [0.1, 0.15) is 33.6 Å². The Kier molecular flexibility index (Phi) is 3.91. The molecule has 23 heavy (non-hydrogen) atoms. The van der Waals surface area contributed by atoms with Gasteiger partial charge in [-0.25, -0.2) is 4.68 Å². The molecule has 0 aliphatic heterocycles. The van der Waals surface area contributed by atoms with Gasteiger partial charge in [0, 0.05) is 6.04 Å². The van der Waals surface area contributed by atoms with Gasteiger partial charge in [-0.1, -0.05) is 32.4 Å². The molecular formula is C16H23ClN4O2. The van der Waals surface area contributed by atoms with E-state index < -0.39 is 11.5 Å². The SMILES string of the molecule is C[C@H]1[C@H]2C[C@H](C[C@H]1Nc1cnn(CC(N)=O)c(=O)c1Cl)C2(C)C. The predicted molar refractivity (Wildman–Crippen MR) is 89.3 cm³/mol. The van der Waals surface area contributed by atoms with Crippen molar-refractivity contribution in [3.63, 3.8) is 0 Å². The summed E-state index contributed by atoms with van der Waals surface area (Å²) >= 11 is 6.16. The number of amides is 1. The van der Waals surface area contributed by atoms with Crippen LogP contribution in [0.5, 0.6) is 0 Å². The van der Waals surface area contributed by atoms with Crippen molar-refractivity contribution in [1.29, 1.82) is 0 Å². The number of hydrogen-bond acceptors (Lipinski definition) is 4. The third-order valence-electron chi connectivity index (χ3n) is 5.99. The van der Waals surface area contributed by atoms with Gasteiger partial charge >= 0.3 is 0 Å². The highest BCUT2D eigenvalue weighted by molar-refractivity contribution is 6.32. The maximum atomic E-state index is 12.1. The molecular weight excluding hydrogens is 316 g/mol. The molecule has 1 aromatic rings. The van der Waals surface area contributed by atoms with Crippen molar-refractivity contribution in [3.8, 4) is 0 Å². The van der Waals surface area contributed by atoms with E-state index in [0.29, 0.717) is 28.9 Å². The molecule has 0 spiro atoms. The number of nitrogens with one attached hydrogen (secondary N) is 1. The Morgan fingerprint density at radius 2 is 2.22 bits per heavy atom. The van der Waals surface area contributed by atoms with Gasteiger partial charge in [-0.05, 0) is 36.0 Å². The molecule has 0 saturated heterocycles. The van der Waals surface area contributed by atoms with Crippen LogP contribution in [0.2, 0.25) is 5.02 Å². The average Bonchev–Trinajstić information content (AvgIpc) is 2.47. The number of carbonyl (C=O) groups excluding carboxylic acids is 1. The number of anilines is 1. The van der Waals surface area contributed by atoms with Gasteiger partial charge in [-0.2, -0.15) is 5.10 Å². The molecule has 126 valence electrons. The Morgan fingerprint density at radius 1 is 1.52 bits per heavy atom. The van der Waals surface area contributed by atoms with E-state index in [1.54, 1.807) is 0 Å². The van der Waals surface area contributed by atoms with Gasteiger partial charge in [0.2, 0.25) is 5.91 Å². The summed E-state index contributed by atoms with van der Waals surface area (Å²) in [6.07, 6.45) is 3.87. The molecule has 0 aromatic carbocycles. The summed E-state index contributed by atoms with van der Waals surface area (Å²) in [4.78, 5) is 23.1. The summed E-state index contributed by atoms with van der Waals surface area (Å²) in [5, 5.41) is 7.44. The van der Waals surface area contributed by atoms with Crippen molar-refractivity contribution in [3.05, 3.63) is 21.6 Å². The Bertz CT molecular complexity index is 700. The van der Waals surface area contributed by atoms with Crippen molar-refractivity contribution in [2.45, 2.75) is 46.2 Å². The number of halogens is 1. The van der Waals surface area contributed by atoms with E-state index in [2.05, 4.69) is 31.2 Å². The van der Waals surface area contributed by atoms with E-state index in [4.69, 9.17) is 17.3 Å². The van der Waals surface area contributed by atoms with Crippen LogP contribution in [0, 0.1) is 23.2 Å². The molecule has 3 aliphatic carbocycles. The summed E-state index contributed by atoms with van der Waals surface area (Å²) in [7, 11) is 0. The van der Waals surface area contributed by atoms with E-state index in [1.165, 1.54) is 12.6 Å². The fourth-order valence-electron chi connectivity index (χ4n) is 4.37.